The van der Waals surface area contributed by atoms with E-state index >= 15 is 0 Å². The number of aromatic nitrogens is 3. The predicted molar refractivity (Wildman–Crippen MR) is 71.3 cm³/mol. The maximum absolute atomic E-state index is 13.5. The number of halogens is 3. The highest BCUT2D eigenvalue weighted by molar-refractivity contribution is 9.08. The van der Waals surface area contributed by atoms with Crippen LogP contribution in [0.2, 0.25) is 5.02 Å². The van der Waals surface area contributed by atoms with Gasteiger partial charge in [-0.15, -0.1) is 10.2 Å². The normalized spacial score (nSPS) is 15.1. The third kappa shape index (κ3) is 2.06. The van der Waals surface area contributed by atoms with E-state index in [0.717, 1.165) is 18.7 Å². The molecule has 0 saturated heterocycles. The number of rotatable bonds is 3. The molecule has 6 heteroatoms. The highest BCUT2D eigenvalue weighted by Gasteiger charge is 2.29. The fourth-order valence-corrected chi connectivity index (χ4v) is 2.46. The third-order valence-electron chi connectivity index (χ3n) is 2.98. The Morgan fingerprint density at radius 3 is 2.78 bits per heavy atom. The quantitative estimate of drug-likeness (QED) is 0.797. The Labute approximate surface area is 117 Å². The zero-order chi connectivity index (χ0) is 12.7. The Morgan fingerprint density at radius 1 is 1.39 bits per heavy atom. The Kier molecular flexibility index (Phi) is 3.11. The van der Waals surface area contributed by atoms with Gasteiger partial charge in [0.1, 0.15) is 11.6 Å². The zero-order valence-electron chi connectivity index (χ0n) is 9.41. The molecule has 0 amide bonds. The van der Waals surface area contributed by atoms with Crippen molar-refractivity contribution in [3.05, 3.63) is 34.9 Å². The molecule has 2 aromatic rings. The Hall–Kier alpha value is -0.940. The van der Waals surface area contributed by atoms with Gasteiger partial charge in [-0.1, -0.05) is 27.5 Å². The van der Waals surface area contributed by atoms with Gasteiger partial charge in [0.2, 0.25) is 0 Å². The van der Waals surface area contributed by atoms with Crippen molar-refractivity contribution in [3.63, 3.8) is 0 Å². The fraction of sp³-hybridized carbons (Fsp3) is 0.333. The summed E-state index contributed by atoms with van der Waals surface area (Å²) in [6, 6.07) is 5.17. The second kappa shape index (κ2) is 4.63. The number of hydrogen-bond acceptors (Lipinski definition) is 2. The lowest BCUT2D eigenvalue weighted by Crippen LogP contribution is -2.02. The van der Waals surface area contributed by atoms with Crippen molar-refractivity contribution in [1.82, 2.24) is 14.8 Å². The fourth-order valence-electron chi connectivity index (χ4n) is 1.96. The van der Waals surface area contributed by atoms with Gasteiger partial charge in [-0.3, -0.25) is 0 Å². The molecule has 0 spiro atoms. The maximum atomic E-state index is 13.5. The summed E-state index contributed by atoms with van der Waals surface area (Å²) < 4.78 is 15.6. The van der Waals surface area contributed by atoms with Gasteiger partial charge < -0.3 is 4.57 Å². The first-order valence-corrected chi connectivity index (χ1v) is 7.16. The average molecular weight is 331 g/mol. The lowest BCUT2D eigenvalue weighted by atomic mass is 10.2. The zero-order valence-corrected chi connectivity index (χ0v) is 11.7. The van der Waals surface area contributed by atoms with Crippen LogP contribution in [0, 0.1) is 5.82 Å². The lowest BCUT2D eigenvalue weighted by molar-refractivity contribution is 0.628. The Bertz CT molecular complexity index is 595. The van der Waals surface area contributed by atoms with Crippen LogP contribution < -0.4 is 0 Å². The topological polar surface area (TPSA) is 30.7 Å². The first-order valence-electron chi connectivity index (χ1n) is 5.66. The molecule has 1 aromatic heterocycles. The van der Waals surface area contributed by atoms with Crippen molar-refractivity contribution in [2.75, 3.05) is 0 Å². The molecule has 3 nitrogen and oxygen atoms in total. The molecule has 0 atom stereocenters. The van der Waals surface area contributed by atoms with Crippen LogP contribution in [-0.2, 0) is 5.33 Å². The smallest absolute Gasteiger partial charge is 0.164 e. The van der Waals surface area contributed by atoms with E-state index in [1.165, 1.54) is 6.07 Å². The molecule has 1 aliphatic carbocycles. The third-order valence-corrected chi connectivity index (χ3v) is 3.78. The van der Waals surface area contributed by atoms with Gasteiger partial charge in [-0.25, -0.2) is 4.39 Å². The van der Waals surface area contributed by atoms with Crippen LogP contribution in [0.4, 0.5) is 4.39 Å². The summed E-state index contributed by atoms with van der Waals surface area (Å²) in [6.07, 6.45) is 2.25. The SMILES string of the molecule is Fc1cc(-c2nnc(CBr)n2C2CC2)ccc1Cl. The summed E-state index contributed by atoms with van der Waals surface area (Å²) in [5.74, 6) is 1.16. The second-order valence-corrected chi connectivity index (χ2v) is 5.27. The molecule has 1 fully saturated rings. The predicted octanol–water partition coefficient (Wildman–Crippen LogP) is 3.97. The van der Waals surface area contributed by atoms with Crippen LogP contribution in [0.5, 0.6) is 0 Å². The van der Waals surface area contributed by atoms with Gasteiger partial charge >= 0.3 is 0 Å². The van der Waals surface area contributed by atoms with Gasteiger partial charge in [-0.2, -0.15) is 0 Å². The van der Waals surface area contributed by atoms with Crippen molar-refractivity contribution in [3.8, 4) is 11.4 Å². The molecule has 1 aliphatic rings. The maximum Gasteiger partial charge on any atom is 0.164 e. The van der Waals surface area contributed by atoms with Gasteiger partial charge in [0.25, 0.3) is 0 Å². The molecular formula is C12H10BrClFN3. The molecule has 1 saturated carbocycles. The van der Waals surface area contributed by atoms with E-state index in [-0.39, 0.29) is 5.02 Å². The van der Waals surface area contributed by atoms with Crippen molar-refractivity contribution < 1.29 is 4.39 Å². The van der Waals surface area contributed by atoms with Crippen molar-refractivity contribution in [2.45, 2.75) is 24.2 Å². The van der Waals surface area contributed by atoms with E-state index in [9.17, 15) is 4.39 Å². The van der Waals surface area contributed by atoms with Crippen molar-refractivity contribution in [1.29, 1.82) is 0 Å². The van der Waals surface area contributed by atoms with Gasteiger partial charge in [-0.05, 0) is 31.0 Å². The van der Waals surface area contributed by atoms with Crippen LogP contribution in [0.15, 0.2) is 18.2 Å². The molecule has 0 bridgehead atoms. The first kappa shape index (κ1) is 12.1. The minimum Gasteiger partial charge on any atom is -0.307 e. The van der Waals surface area contributed by atoms with Crippen LogP contribution in [0.3, 0.4) is 0 Å². The van der Waals surface area contributed by atoms with Crippen LogP contribution in [-0.4, -0.2) is 14.8 Å². The van der Waals surface area contributed by atoms with Crippen molar-refractivity contribution in [2.24, 2.45) is 0 Å². The molecule has 0 N–H and O–H groups in total. The highest BCUT2D eigenvalue weighted by atomic mass is 79.9. The Balaban J connectivity index is 2.10. The van der Waals surface area contributed by atoms with Crippen LogP contribution in [0.1, 0.15) is 24.7 Å². The summed E-state index contributed by atoms with van der Waals surface area (Å²) in [5.41, 5.74) is 0.712. The van der Waals surface area contributed by atoms with Crippen LogP contribution >= 0.6 is 27.5 Å². The summed E-state index contributed by atoms with van der Waals surface area (Å²) in [6.45, 7) is 0. The number of alkyl halides is 1. The molecule has 3 rings (SSSR count). The molecule has 94 valence electrons. The average Bonchev–Trinajstić information content (AvgIpc) is 3.12. The minimum absolute atomic E-state index is 0.122. The molecular weight excluding hydrogens is 321 g/mol. The number of nitrogens with zero attached hydrogens (tertiary/aromatic N) is 3. The van der Waals surface area contributed by atoms with E-state index in [1.54, 1.807) is 12.1 Å². The van der Waals surface area contributed by atoms with E-state index in [1.807, 2.05) is 0 Å². The first-order chi connectivity index (χ1) is 8.70. The second-order valence-electron chi connectivity index (χ2n) is 4.30. The molecule has 0 unspecified atom stereocenters. The van der Waals surface area contributed by atoms with E-state index < -0.39 is 5.82 Å². The number of benzene rings is 1. The summed E-state index contributed by atoms with van der Waals surface area (Å²) in [5, 5.41) is 9.07. The summed E-state index contributed by atoms with van der Waals surface area (Å²) in [4.78, 5) is 0. The highest BCUT2D eigenvalue weighted by Crippen LogP contribution is 2.39. The molecule has 18 heavy (non-hydrogen) atoms. The van der Waals surface area contributed by atoms with E-state index in [2.05, 4.69) is 30.7 Å². The monoisotopic (exact) mass is 329 g/mol. The summed E-state index contributed by atoms with van der Waals surface area (Å²) >= 11 is 9.09. The number of hydrogen-bond donors (Lipinski definition) is 0. The van der Waals surface area contributed by atoms with E-state index in [0.29, 0.717) is 22.8 Å². The van der Waals surface area contributed by atoms with Crippen molar-refractivity contribution >= 4 is 27.5 Å². The largest absolute Gasteiger partial charge is 0.307 e. The summed E-state index contributed by atoms with van der Waals surface area (Å²) in [7, 11) is 0. The lowest BCUT2D eigenvalue weighted by Gasteiger charge is -2.08. The van der Waals surface area contributed by atoms with Crippen LogP contribution in [0.25, 0.3) is 11.4 Å². The van der Waals surface area contributed by atoms with Gasteiger partial charge in [0.15, 0.2) is 5.82 Å². The Morgan fingerprint density at radius 2 is 2.17 bits per heavy atom. The molecule has 1 heterocycles. The molecule has 1 aromatic carbocycles. The van der Waals surface area contributed by atoms with Gasteiger partial charge in [0, 0.05) is 11.6 Å². The molecule has 0 aliphatic heterocycles. The standard InChI is InChI=1S/C12H10BrClFN3/c13-6-11-16-17-12(18(11)8-2-3-8)7-1-4-9(14)10(15)5-7/h1,4-5,8H,2-3,6H2. The van der Waals surface area contributed by atoms with Gasteiger partial charge in [0.05, 0.1) is 10.4 Å². The minimum atomic E-state index is -0.431. The van der Waals surface area contributed by atoms with E-state index in [4.69, 9.17) is 11.6 Å². The molecule has 0 radical (unpaired) electrons.